The Kier molecular flexibility index (Phi) is 7.59. The van der Waals surface area contributed by atoms with E-state index in [1.165, 1.54) is 23.8 Å². The number of aliphatic hydroxyl groups is 1. The summed E-state index contributed by atoms with van der Waals surface area (Å²) >= 11 is 0. The fourth-order valence-corrected chi connectivity index (χ4v) is 4.48. The Bertz CT molecular complexity index is 994. The third-order valence-corrected chi connectivity index (χ3v) is 6.10. The Hall–Kier alpha value is -2.71. The van der Waals surface area contributed by atoms with E-state index in [0.717, 1.165) is 30.4 Å². The number of hydrogen-bond acceptors (Lipinski definition) is 4. The Morgan fingerprint density at radius 1 is 1.23 bits per heavy atom. The number of aromatic nitrogens is 1. The second kappa shape index (κ2) is 10.4. The minimum atomic E-state index is -0.312. The zero-order valence-corrected chi connectivity index (χ0v) is 17.7. The Balaban J connectivity index is 1.87. The molecule has 0 bridgehead atoms. The third-order valence-electron chi connectivity index (χ3n) is 6.10. The van der Waals surface area contributed by atoms with Crippen LogP contribution in [0.2, 0.25) is 0 Å². The number of Topliss-reactive ketones (excluding diaryl/α,β-unsaturated/α-hetero) is 1. The molecule has 1 N–H and O–H groups in total. The topological polar surface area (TPSA) is 83.1 Å². The van der Waals surface area contributed by atoms with Gasteiger partial charge in [0.15, 0.2) is 5.78 Å². The quantitative estimate of drug-likeness (QED) is 0.530. The second-order valence-corrected chi connectivity index (χ2v) is 8.29. The van der Waals surface area contributed by atoms with Crippen molar-refractivity contribution in [2.24, 2.45) is 7.05 Å². The summed E-state index contributed by atoms with van der Waals surface area (Å²) in [4.78, 5) is 25.7. The van der Waals surface area contributed by atoms with E-state index in [1.807, 2.05) is 18.2 Å². The lowest BCUT2D eigenvalue weighted by Gasteiger charge is -2.23. The lowest BCUT2D eigenvalue weighted by molar-refractivity contribution is 0.0990. The average Bonchev–Trinajstić information content (AvgIpc) is 2.76. The van der Waals surface area contributed by atoms with Crippen molar-refractivity contribution in [3.05, 3.63) is 68.6 Å². The normalized spacial score (nSPS) is 14.4. The number of nitrogens with zero attached hydrogens (tertiary/aromatic N) is 2. The number of nitriles is 1. The molecule has 1 aromatic heterocycles. The van der Waals surface area contributed by atoms with Crippen molar-refractivity contribution in [1.29, 1.82) is 5.26 Å². The molecule has 5 heteroatoms. The van der Waals surface area contributed by atoms with E-state index < -0.39 is 0 Å². The van der Waals surface area contributed by atoms with E-state index >= 15 is 0 Å². The highest BCUT2D eigenvalue weighted by atomic mass is 16.3. The lowest BCUT2D eigenvalue weighted by Crippen LogP contribution is -2.25. The van der Waals surface area contributed by atoms with Gasteiger partial charge in [0.05, 0.1) is 17.2 Å². The van der Waals surface area contributed by atoms with Gasteiger partial charge < -0.3 is 9.67 Å². The van der Waals surface area contributed by atoms with Crippen molar-refractivity contribution in [3.63, 3.8) is 0 Å². The molecule has 5 nitrogen and oxygen atoms in total. The lowest BCUT2D eigenvalue weighted by atomic mass is 9.80. The zero-order valence-electron chi connectivity index (χ0n) is 17.7. The highest BCUT2D eigenvalue weighted by molar-refractivity contribution is 5.97. The summed E-state index contributed by atoms with van der Waals surface area (Å²) in [7, 11) is 1.65. The van der Waals surface area contributed by atoms with E-state index in [9.17, 15) is 14.9 Å². The van der Waals surface area contributed by atoms with Crippen LogP contribution in [-0.2, 0) is 19.9 Å². The van der Waals surface area contributed by atoms with Crippen molar-refractivity contribution in [3.8, 4) is 6.07 Å². The van der Waals surface area contributed by atoms with Gasteiger partial charge in [-0.25, -0.2) is 0 Å². The summed E-state index contributed by atoms with van der Waals surface area (Å²) in [6, 6.07) is 9.79. The van der Waals surface area contributed by atoms with Crippen LogP contribution in [-0.4, -0.2) is 22.1 Å². The molecule has 1 aliphatic carbocycles. The van der Waals surface area contributed by atoms with Crippen LogP contribution in [0.15, 0.2) is 35.3 Å². The predicted octanol–water partition coefficient (Wildman–Crippen LogP) is 4.05. The van der Waals surface area contributed by atoms with Gasteiger partial charge in [0, 0.05) is 26.3 Å². The van der Waals surface area contributed by atoms with Crippen LogP contribution in [0.5, 0.6) is 0 Å². The molecule has 0 saturated heterocycles. The molecule has 0 aliphatic heterocycles. The van der Waals surface area contributed by atoms with Gasteiger partial charge >= 0.3 is 0 Å². The largest absolute Gasteiger partial charge is 0.396 e. The van der Waals surface area contributed by atoms with Gasteiger partial charge in [-0.1, -0.05) is 37.5 Å². The number of rotatable bonds is 8. The Labute approximate surface area is 178 Å². The third kappa shape index (κ3) is 5.06. The number of carbonyl (C=O) groups excluding carboxylic acids is 1. The minimum absolute atomic E-state index is 0.0544. The maximum Gasteiger partial charge on any atom is 0.261 e. The molecule has 0 radical (unpaired) electrons. The van der Waals surface area contributed by atoms with Crippen molar-refractivity contribution < 1.29 is 9.90 Å². The van der Waals surface area contributed by atoms with Crippen molar-refractivity contribution >= 4 is 5.78 Å². The van der Waals surface area contributed by atoms with Crippen molar-refractivity contribution in [2.75, 3.05) is 6.61 Å². The maximum atomic E-state index is 13.1. The summed E-state index contributed by atoms with van der Waals surface area (Å²) in [5.74, 6) is 0.128. The predicted molar refractivity (Wildman–Crippen MR) is 117 cm³/mol. The average molecular weight is 407 g/mol. The highest BCUT2D eigenvalue weighted by Gasteiger charge is 2.22. The van der Waals surface area contributed by atoms with Crippen LogP contribution in [0.25, 0.3) is 0 Å². The van der Waals surface area contributed by atoms with E-state index in [2.05, 4.69) is 6.07 Å². The van der Waals surface area contributed by atoms with Gasteiger partial charge in [-0.15, -0.1) is 0 Å². The molecule has 30 heavy (non-hydrogen) atoms. The molecule has 0 amide bonds. The molecule has 158 valence electrons. The summed E-state index contributed by atoms with van der Waals surface area (Å²) in [5.41, 5.74) is 3.13. The summed E-state index contributed by atoms with van der Waals surface area (Å²) < 4.78 is 1.45. The smallest absolute Gasteiger partial charge is 0.261 e. The van der Waals surface area contributed by atoms with Crippen LogP contribution < -0.4 is 5.56 Å². The van der Waals surface area contributed by atoms with Gasteiger partial charge in [0.25, 0.3) is 5.56 Å². The monoisotopic (exact) mass is 406 g/mol. The molecule has 1 aromatic carbocycles. The molecule has 1 saturated carbocycles. The number of ketones is 1. The Morgan fingerprint density at radius 3 is 2.70 bits per heavy atom. The molecule has 2 aromatic rings. The first kappa shape index (κ1) is 22.0. The van der Waals surface area contributed by atoms with Crippen molar-refractivity contribution in [2.45, 2.75) is 63.7 Å². The van der Waals surface area contributed by atoms with E-state index in [0.29, 0.717) is 29.9 Å². The number of benzene rings is 1. The van der Waals surface area contributed by atoms with Crippen LogP contribution in [0, 0.1) is 11.3 Å². The number of pyridine rings is 1. The Morgan fingerprint density at radius 2 is 2.00 bits per heavy atom. The molecule has 3 rings (SSSR count). The van der Waals surface area contributed by atoms with Gasteiger partial charge in [-0.05, 0) is 60.8 Å². The summed E-state index contributed by atoms with van der Waals surface area (Å²) in [5, 5.41) is 18.8. The van der Waals surface area contributed by atoms with Crippen LogP contribution in [0.1, 0.15) is 83.5 Å². The SMILES string of the molecule is Cn1cc(CCCCO)cc(C(=O)Cc2cccc(C3CCCCC3)c2C#N)c1=O. The number of carbonyl (C=O) groups is 1. The first-order valence-corrected chi connectivity index (χ1v) is 10.9. The number of aliphatic hydroxyl groups excluding tert-OH is 1. The van der Waals surface area contributed by atoms with Gasteiger partial charge in [0.2, 0.25) is 0 Å². The second-order valence-electron chi connectivity index (χ2n) is 8.29. The first-order valence-electron chi connectivity index (χ1n) is 10.9. The molecule has 0 unspecified atom stereocenters. The molecular weight excluding hydrogens is 376 g/mol. The van der Waals surface area contributed by atoms with Crippen molar-refractivity contribution in [1.82, 2.24) is 4.57 Å². The maximum absolute atomic E-state index is 13.1. The number of hydrogen-bond donors (Lipinski definition) is 1. The fraction of sp³-hybridized carbons (Fsp3) is 0.480. The molecule has 0 atom stereocenters. The summed E-state index contributed by atoms with van der Waals surface area (Å²) in [6.07, 6.45) is 9.76. The molecule has 1 heterocycles. The van der Waals surface area contributed by atoms with Gasteiger partial charge in [-0.3, -0.25) is 9.59 Å². The van der Waals surface area contributed by atoms with Gasteiger partial charge in [0.1, 0.15) is 0 Å². The molecule has 0 spiro atoms. The highest BCUT2D eigenvalue weighted by Crippen LogP contribution is 2.35. The molecular formula is C25H30N2O3. The minimum Gasteiger partial charge on any atom is -0.396 e. The van der Waals surface area contributed by atoms with E-state index in [-0.39, 0.29) is 29.9 Å². The fourth-order valence-electron chi connectivity index (χ4n) is 4.48. The molecule has 1 fully saturated rings. The van der Waals surface area contributed by atoms with Crippen LogP contribution in [0.4, 0.5) is 0 Å². The zero-order chi connectivity index (χ0) is 21.5. The van der Waals surface area contributed by atoms with E-state index in [1.54, 1.807) is 19.3 Å². The number of unbranched alkanes of at least 4 members (excludes halogenated alkanes) is 1. The van der Waals surface area contributed by atoms with Crippen LogP contribution >= 0.6 is 0 Å². The van der Waals surface area contributed by atoms with E-state index in [4.69, 9.17) is 5.11 Å². The standard InChI is InChI=1S/C25H30N2O3/c1-27-17-18(8-5-6-13-28)14-22(25(27)30)24(29)15-20-11-7-12-21(23(20)16-26)19-9-3-2-4-10-19/h7,11-12,14,17,19,28H,2-6,8-10,13,15H2,1H3. The molecule has 1 aliphatic rings. The van der Waals surface area contributed by atoms with Gasteiger partial charge in [-0.2, -0.15) is 5.26 Å². The summed E-state index contributed by atoms with van der Waals surface area (Å²) in [6.45, 7) is 0.131. The number of aryl methyl sites for hydroxylation is 2. The first-order chi connectivity index (χ1) is 14.5. The van der Waals surface area contributed by atoms with Crippen LogP contribution in [0.3, 0.4) is 0 Å².